The van der Waals surface area contributed by atoms with Crippen molar-refractivity contribution in [3.05, 3.63) is 58.7 Å². The lowest BCUT2D eigenvalue weighted by Crippen LogP contribution is -2.41. The van der Waals surface area contributed by atoms with Crippen LogP contribution in [0.4, 0.5) is 0 Å². The highest BCUT2D eigenvalue weighted by atomic mass is 16.5. The summed E-state index contributed by atoms with van der Waals surface area (Å²) >= 11 is 0. The van der Waals surface area contributed by atoms with Gasteiger partial charge in [0.05, 0.1) is 25.9 Å². The Bertz CT molecular complexity index is 857. The van der Waals surface area contributed by atoms with Gasteiger partial charge in [-0.15, -0.1) is 0 Å². The fraction of sp³-hybridized carbons (Fsp3) is 0.409. The number of aliphatic hydroxyl groups is 1. The van der Waals surface area contributed by atoms with Crippen molar-refractivity contribution in [1.29, 1.82) is 0 Å². The lowest BCUT2D eigenvalue weighted by atomic mass is 9.74. The summed E-state index contributed by atoms with van der Waals surface area (Å²) in [5, 5.41) is 13.0. The zero-order chi connectivity index (χ0) is 19.0. The van der Waals surface area contributed by atoms with Gasteiger partial charge in [0.15, 0.2) is 0 Å². The second-order valence-electron chi connectivity index (χ2n) is 7.49. The zero-order valence-electron chi connectivity index (χ0n) is 15.7. The van der Waals surface area contributed by atoms with E-state index in [1.165, 1.54) is 5.56 Å². The third-order valence-electron chi connectivity index (χ3n) is 5.65. The van der Waals surface area contributed by atoms with Crippen molar-refractivity contribution in [2.75, 3.05) is 13.7 Å². The lowest BCUT2D eigenvalue weighted by molar-refractivity contribution is 0.0235. The van der Waals surface area contributed by atoms with Gasteiger partial charge in [-0.1, -0.05) is 12.1 Å². The largest absolute Gasteiger partial charge is 0.496 e. The van der Waals surface area contributed by atoms with Crippen LogP contribution in [0.1, 0.15) is 45.9 Å². The molecule has 2 aromatic rings. The number of hydrogen-bond acceptors (Lipinski definition) is 4. The van der Waals surface area contributed by atoms with Gasteiger partial charge in [-0.25, -0.2) is 0 Å². The van der Waals surface area contributed by atoms with E-state index in [0.29, 0.717) is 30.8 Å². The Morgan fingerprint density at radius 3 is 2.81 bits per heavy atom. The van der Waals surface area contributed by atoms with Crippen molar-refractivity contribution >= 4 is 5.91 Å². The average Bonchev–Trinajstić information content (AvgIpc) is 3.11. The molecule has 2 aliphatic rings. The van der Waals surface area contributed by atoms with E-state index in [-0.39, 0.29) is 24.0 Å². The molecule has 1 heterocycles. The molecule has 1 aliphatic carbocycles. The van der Waals surface area contributed by atoms with E-state index >= 15 is 0 Å². The van der Waals surface area contributed by atoms with Crippen molar-refractivity contribution in [3.63, 3.8) is 0 Å². The monoisotopic (exact) mass is 367 g/mol. The van der Waals surface area contributed by atoms with Gasteiger partial charge in [-0.3, -0.25) is 4.79 Å². The van der Waals surface area contributed by atoms with Gasteiger partial charge in [-0.2, -0.15) is 0 Å². The van der Waals surface area contributed by atoms with Crippen LogP contribution in [0.2, 0.25) is 0 Å². The summed E-state index contributed by atoms with van der Waals surface area (Å²) in [6.07, 6.45) is 2.03. The summed E-state index contributed by atoms with van der Waals surface area (Å²) in [6.45, 7) is 2.66. The fourth-order valence-corrected chi connectivity index (χ4v) is 3.96. The molecule has 0 radical (unpaired) electrons. The molecule has 0 saturated heterocycles. The quantitative estimate of drug-likeness (QED) is 0.852. The van der Waals surface area contributed by atoms with E-state index in [9.17, 15) is 9.90 Å². The minimum absolute atomic E-state index is 0.126. The maximum Gasteiger partial charge on any atom is 0.251 e. The van der Waals surface area contributed by atoms with E-state index < -0.39 is 0 Å². The number of carbonyl (C=O) groups excluding carboxylic acids is 1. The number of aryl methyl sites for hydroxylation is 1. The predicted molar refractivity (Wildman–Crippen MR) is 102 cm³/mol. The second-order valence-corrected chi connectivity index (χ2v) is 7.49. The molecule has 1 amide bonds. The number of methoxy groups -OCH3 is 1. The van der Waals surface area contributed by atoms with Crippen LogP contribution >= 0.6 is 0 Å². The number of hydrogen-bond donors (Lipinski definition) is 2. The van der Waals surface area contributed by atoms with Gasteiger partial charge in [-0.05, 0) is 66.6 Å². The molecule has 2 aromatic carbocycles. The number of ether oxygens (including phenoxy) is 2. The molecule has 1 saturated carbocycles. The second kappa shape index (κ2) is 7.24. The Hall–Kier alpha value is -2.53. The average molecular weight is 367 g/mol. The number of benzene rings is 2. The van der Waals surface area contributed by atoms with Crippen LogP contribution in [0.25, 0.3) is 0 Å². The third-order valence-corrected chi connectivity index (χ3v) is 5.65. The minimum Gasteiger partial charge on any atom is -0.496 e. The Balaban J connectivity index is 1.59. The van der Waals surface area contributed by atoms with Crippen LogP contribution in [-0.4, -0.2) is 30.8 Å². The Morgan fingerprint density at radius 1 is 1.26 bits per heavy atom. The summed E-state index contributed by atoms with van der Waals surface area (Å²) in [5.74, 6) is 1.74. The highest BCUT2D eigenvalue weighted by Gasteiger charge is 2.36. The first-order valence-electron chi connectivity index (χ1n) is 9.44. The summed E-state index contributed by atoms with van der Waals surface area (Å²) in [4.78, 5) is 12.9. The fourth-order valence-electron chi connectivity index (χ4n) is 3.96. The number of nitrogens with one attached hydrogen (secondary N) is 1. The van der Waals surface area contributed by atoms with E-state index in [1.54, 1.807) is 13.2 Å². The number of aliphatic hydroxyl groups excluding tert-OH is 1. The van der Waals surface area contributed by atoms with Crippen molar-refractivity contribution in [2.24, 2.45) is 5.92 Å². The Kier molecular flexibility index (Phi) is 4.79. The van der Waals surface area contributed by atoms with Crippen LogP contribution in [0.5, 0.6) is 11.5 Å². The van der Waals surface area contributed by atoms with E-state index in [0.717, 1.165) is 23.3 Å². The van der Waals surface area contributed by atoms with Gasteiger partial charge in [0.2, 0.25) is 0 Å². The SMILES string of the molecule is COc1cc(C(=O)N[C@@H](c2ccc3c(c2)CCO3)C2CC(O)C2)ccc1C. The van der Waals surface area contributed by atoms with Gasteiger partial charge in [0.1, 0.15) is 11.5 Å². The Labute approximate surface area is 159 Å². The molecule has 1 fully saturated rings. The van der Waals surface area contributed by atoms with Gasteiger partial charge in [0.25, 0.3) is 5.91 Å². The van der Waals surface area contributed by atoms with E-state index in [2.05, 4.69) is 11.4 Å². The van der Waals surface area contributed by atoms with Crippen LogP contribution in [-0.2, 0) is 6.42 Å². The number of carbonyl (C=O) groups is 1. The molecular weight excluding hydrogens is 342 g/mol. The summed E-state index contributed by atoms with van der Waals surface area (Å²) in [7, 11) is 1.61. The summed E-state index contributed by atoms with van der Waals surface area (Å²) < 4.78 is 10.9. The zero-order valence-corrected chi connectivity index (χ0v) is 15.7. The standard InChI is InChI=1S/C22H25NO4/c1-13-3-4-16(12-20(13)26-2)22(25)23-21(17-10-18(24)11-17)15-5-6-19-14(9-15)7-8-27-19/h3-6,9,12,17-18,21,24H,7-8,10-11H2,1-2H3,(H,23,25)/t17?,18?,21-/m0/s1. The minimum atomic E-state index is -0.272. The number of amides is 1. The molecule has 0 bridgehead atoms. The molecule has 142 valence electrons. The Morgan fingerprint density at radius 2 is 2.07 bits per heavy atom. The first-order valence-corrected chi connectivity index (χ1v) is 9.44. The first kappa shape index (κ1) is 17.9. The highest BCUT2D eigenvalue weighted by molar-refractivity contribution is 5.95. The van der Waals surface area contributed by atoms with E-state index in [4.69, 9.17) is 9.47 Å². The first-order chi connectivity index (χ1) is 13.0. The maximum absolute atomic E-state index is 12.9. The lowest BCUT2D eigenvalue weighted by Gasteiger charge is -2.38. The van der Waals surface area contributed by atoms with Crippen LogP contribution in [0.15, 0.2) is 36.4 Å². The molecular formula is C22H25NO4. The van der Waals surface area contributed by atoms with Gasteiger partial charge < -0.3 is 19.9 Å². The molecule has 1 atom stereocenters. The number of rotatable bonds is 5. The van der Waals surface area contributed by atoms with Gasteiger partial charge >= 0.3 is 0 Å². The highest BCUT2D eigenvalue weighted by Crippen LogP contribution is 2.40. The van der Waals surface area contributed by atoms with Crippen LogP contribution in [0.3, 0.4) is 0 Å². The molecule has 0 unspecified atom stereocenters. The molecule has 5 heteroatoms. The summed E-state index contributed by atoms with van der Waals surface area (Å²) in [5.41, 5.74) is 3.82. The number of fused-ring (bicyclic) bond motifs is 1. The molecule has 27 heavy (non-hydrogen) atoms. The van der Waals surface area contributed by atoms with E-state index in [1.807, 2.05) is 31.2 Å². The molecule has 2 N–H and O–H groups in total. The molecule has 5 nitrogen and oxygen atoms in total. The normalized spacial score (nSPS) is 21.6. The van der Waals surface area contributed by atoms with Crippen LogP contribution in [0, 0.1) is 12.8 Å². The van der Waals surface area contributed by atoms with Gasteiger partial charge in [0, 0.05) is 12.0 Å². The molecule has 4 rings (SSSR count). The van der Waals surface area contributed by atoms with Crippen molar-refractivity contribution < 1.29 is 19.4 Å². The summed E-state index contributed by atoms with van der Waals surface area (Å²) in [6, 6.07) is 11.5. The topological polar surface area (TPSA) is 67.8 Å². The smallest absolute Gasteiger partial charge is 0.251 e. The van der Waals surface area contributed by atoms with Crippen molar-refractivity contribution in [1.82, 2.24) is 5.32 Å². The third kappa shape index (κ3) is 3.52. The van der Waals surface area contributed by atoms with Crippen molar-refractivity contribution in [2.45, 2.75) is 38.3 Å². The molecule has 0 spiro atoms. The maximum atomic E-state index is 12.9. The van der Waals surface area contributed by atoms with Crippen LogP contribution < -0.4 is 14.8 Å². The predicted octanol–water partition coefficient (Wildman–Crippen LogP) is 3.18. The molecule has 0 aromatic heterocycles. The molecule has 1 aliphatic heterocycles. The van der Waals surface area contributed by atoms with Crippen molar-refractivity contribution in [3.8, 4) is 11.5 Å².